The molecule has 0 radical (unpaired) electrons. The van der Waals surface area contributed by atoms with Gasteiger partial charge in [-0.25, -0.2) is 8.42 Å². The summed E-state index contributed by atoms with van der Waals surface area (Å²) in [6.07, 6.45) is 1.41. The zero-order chi connectivity index (χ0) is 24.6. The van der Waals surface area contributed by atoms with Crippen LogP contribution in [0.5, 0.6) is 11.5 Å². The highest BCUT2D eigenvalue weighted by Crippen LogP contribution is 2.20. The number of anilines is 1. The van der Waals surface area contributed by atoms with Gasteiger partial charge in [0, 0.05) is 11.5 Å². The van der Waals surface area contributed by atoms with Gasteiger partial charge in [0.25, 0.3) is 11.1 Å². The van der Waals surface area contributed by atoms with Crippen molar-refractivity contribution in [2.24, 2.45) is 0 Å². The lowest BCUT2D eigenvalue weighted by Crippen LogP contribution is -2.16. The number of hydrogen-bond donors (Lipinski definition) is 1. The van der Waals surface area contributed by atoms with Gasteiger partial charge in [-0.2, -0.15) is 14.6 Å². The standard InChI is InChI=1S/C23H22N4O5S2/c1-16(2)34(29,30)23-26-22(33-27-23)25-21(28)18(15-24)14-17-8-10-20(11-9-17)32-13-12-31-19-6-4-3-5-7-19/h3-11,14,16H,12-13H2,1-2H3,(H,25,26,27,28). The molecule has 0 saturated carbocycles. The van der Waals surface area contributed by atoms with Gasteiger partial charge in [0.15, 0.2) is 0 Å². The van der Waals surface area contributed by atoms with Crippen molar-refractivity contribution in [3.63, 3.8) is 0 Å². The first kappa shape index (κ1) is 24.9. The normalized spacial score (nSPS) is 11.6. The fourth-order valence-corrected chi connectivity index (χ4v) is 4.26. The van der Waals surface area contributed by atoms with E-state index < -0.39 is 21.0 Å². The van der Waals surface area contributed by atoms with E-state index in [0.29, 0.717) is 24.5 Å². The predicted octanol–water partition coefficient (Wildman–Crippen LogP) is 3.72. The molecule has 0 aliphatic carbocycles. The summed E-state index contributed by atoms with van der Waals surface area (Å²) in [5, 5.41) is 10.8. The van der Waals surface area contributed by atoms with E-state index in [0.717, 1.165) is 17.3 Å². The molecule has 3 aromatic rings. The van der Waals surface area contributed by atoms with Crippen LogP contribution in [0.2, 0.25) is 0 Å². The molecule has 0 unspecified atom stereocenters. The number of para-hydroxylation sites is 1. The third kappa shape index (κ3) is 6.63. The number of nitrogens with zero attached hydrogens (tertiary/aromatic N) is 3. The van der Waals surface area contributed by atoms with Gasteiger partial charge in [-0.3, -0.25) is 10.1 Å². The molecule has 0 spiro atoms. The zero-order valence-corrected chi connectivity index (χ0v) is 20.1. The van der Waals surface area contributed by atoms with Gasteiger partial charge in [-0.15, -0.1) is 0 Å². The number of nitrogens with one attached hydrogen (secondary N) is 1. The first-order valence-electron chi connectivity index (χ1n) is 10.2. The van der Waals surface area contributed by atoms with E-state index in [-0.39, 0.29) is 15.9 Å². The van der Waals surface area contributed by atoms with Crippen molar-refractivity contribution >= 4 is 38.5 Å². The summed E-state index contributed by atoms with van der Waals surface area (Å²) in [4.78, 5) is 16.3. The Kier molecular flexibility index (Phi) is 8.34. The second-order valence-corrected chi connectivity index (χ2v) is 10.3. The molecule has 176 valence electrons. The Balaban J connectivity index is 1.56. The highest BCUT2D eigenvalue weighted by atomic mass is 32.2. The Morgan fingerprint density at radius 3 is 2.29 bits per heavy atom. The lowest BCUT2D eigenvalue weighted by molar-refractivity contribution is -0.112. The van der Waals surface area contributed by atoms with E-state index in [9.17, 15) is 18.5 Å². The average Bonchev–Trinajstić information content (AvgIpc) is 3.31. The van der Waals surface area contributed by atoms with Crippen molar-refractivity contribution < 1.29 is 22.7 Å². The predicted molar refractivity (Wildman–Crippen MR) is 128 cm³/mol. The van der Waals surface area contributed by atoms with Crippen LogP contribution in [0, 0.1) is 11.3 Å². The molecular weight excluding hydrogens is 476 g/mol. The minimum atomic E-state index is -3.66. The first-order chi connectivity index (χ1) is 16.3. The minimum absolute atomic E-state index is 0.00755. The van der Waals surface area contributed by atoms with E-state index in [1.54, 1.807) is 24.3 Å². The van der Waals surface area contributed by atoms with Crippen LogP contribution >= 0.6 is 11.5 Å². The van der Waals surface area contributed by atoms with Gasteiger partial charge < -0.3 is 9.47 Å². The van der Waals surface area contributed by atoms with Gasteiger partial charge >= 0.3 is 0 Å². The lowest BCUT2D eigenvalue weighted by Gasteiger charge is -2.08. The molecular formula is C23H22N4O5S2. The number of hydrogen-bond acceptors (Lipinski definition) is 9. The molecule has 0 bridgehead atoms. The molecule has 9 nitrogen and oxygen atoms in total. The van der Waals surface area contributed by atoms with E-state index >= 15 is 0 Å². The number of rotatable bonds is 10. The molecule has 3 rings (SSSR count). The minimum Gasteiger partial charge on any atom is -0.490 e. The Bertz CT molecular complexity index is 1300. The summed E-state index contributed by atoms with van der Waals surface area (Å²) in [7, 11) is -3.66. The number of carbonyl (C=O) groups excluding carboxylic acids is 1. The molecule has 1 aromatic heterocycles. The molecule has 0 atom stereocenters. The molecule has 0 aliphatic heterocycles. The topological polar surface area (TPSA) is 131 Å². The quantitative estimate of drug-likeness (QED) is 0.254. The Morgan fingerprint density at radius 2 is 1.71 bits per heavy atom. The van der Waals surface area contributed by atoms with Crippen LogP contribution in [0.3, 0.4) is 0 Å². The number of nitriles is 1. The summed E-state index contributed by atoms with van der Waals surface area (Å²) in [6.45, 7) is 3.77. The van der Waals surface area contributed by atoms with Crippen molar-refractivity contribution in [2.75, 3.05) is 18.5 Å². The maximum absolute atomic E-state index is 12.4. The van der Waals surface area contributed by atoms with Gasteiger partial charge in [0.05, 0.1) is 5.25 Å². The number of carbonyl (C=O) groups is 1. The molecule has 2 aromatic carbocycles. The van der Waals surface area contributed by atoms with Crippen LogP contribution in [0.1, 0.15) is 19.4 Å². The number of aromatic nitrogens is 2. The average molecular weight is 499 g/mol. The highest BCUT2D eigenvalue weighted by Gasteiger charge is 2.25. The summed E-state index contributed by atoms with van der Waals surface area (Å²) in [5.41, 5.74) is 0.438. The Labute approximate surface area is 201 Å². The Morgan fingerprint density at radius 1 is 1.09 bits per heavy atom. The third-order valence-corrected chi connectivity index (χ3v) is 7.10. The molecule has 0 aliphatic rings. The second kappa shape index (κ2) is 11.4. The van der Waals surface area contributed by atoms with Gasteiger partial charge in [-0.05, 0) is 49.8 Å². The first-order valence-corrected chi connectivity index (χ1v) is 12.5. The van der Waals surface area contributed by atoms with Crippen molar-refractivity contribution in [2.45, 2.75) is 24.3 Å². The van der Waals surface area contributed by atoms with Crippen molar-refractivity contribution in [3.05, 3.63) is 65.7 Å². The van der Waals surface area contributed by atoms with Gasteiger partial charge in [0.1, 0.15) is 36.4 Å². The highest BCUT2D eigenvalue weighted by molar-refractivity contribution is 7.91. The number of sulfone groups is 1. The molecule has 0 saturated heterocycles. The number of ether oxygens (including phenoxy) is 2. The summed E-state index contributed by atoms with van der Waals surface area (Å²) in [6, 6.07) is 18.1. The summed E-state index contributed by atoms with van der Waals surface area (Å²) >= 11 is 0.731. The van der Waals surface area contributed by atoms with E-state index in [4.69, 9.17) is 9.47 Å². The summed E-state index contributed by atoms with van der Waals surface area (Å²) < 4.78 is 39.2. The van der Waals surface area contributed by atoms with Crippen LogP contribution in [0.4, 0.5) is 5.13 Å². The number of benzene rings is 2. The fourth-order valence-electron chi connectivity index (χ4n) is 2.56. The van der Waals surface area contributed by atoms with Gasteiger partial charge in [-0.1, -0.05) is 30.3 Å². The van der Waals surface area contributed by atoms with Crippen LogP contribution in [0.15, 0.2) is 65.3 Å². The van der Waals surface area contributed by atoms with Crippen LogP contribution < -0.4 is 14.8 Å². The van der Waals surface area contributed by atoms with E-state index in [1.165, 1.54) is 19.9 Å². The third-order valence-electron chi connectivity index (χ3n) is 4.42. The maximum atomic E-state index is 12.4. The summed E-state index contributed by atoms with van der Waals surface area (Å²) in [5.74, 6) is 0.662. The number of amides is 1. The maximum Gasteiger partial charge on any atom is 0.268 e. The SMILES string of the molecule is CC(C)S(=O)(=O)c1nsc(NC(=O)C(C#N)=Cc2ccc(OCCOc3ccccc3)cc2)n1. The largest absolute Gasteiger partial charge is 0.490 e. The van der Waals surface area contributed by atoms with Crippen LogP contribution in [-0.4, -0.2) is 42.1 Å². The second-order valence-electron chi connectivity index (χ2n) is 7.18. The molecule has 1 N–H and O–H groups in total. The monoisotopic (exact) mass is 498 g/mol. The van der Waals surface area contributed by atoms with Crippen molar-refractivity contribution in [3.8, 4) is 17.6 Å². The molecule has 0 fully saturated rings. The lowest BCUT2D eigenvalue weighted by atomic mass is 10.1. The van der Waals surface area contributed by atoms with Crippen LogP contribution in [0.25, 0.3) is 6.08 Å². The molecule has 11 heteroatoms. The van der Waals surface area contributed by atoms with Gasteiger partial charge in [0.2, 0.25) is 15.0 Å². The van der Waals surface area contributed by atoms with Crippen molar-refractivity contribution in [1.82, 2.24) is 9.36 Å². The van der Waals surface area contributed by atoms with E-state index in [1.807, 2.05) is 36.4 Å². The zero-order valence-electron chi connectivity index (χ0n) is 18.5. The van der Waals surface area contributed by atoms with E-state index in [2.05, 4.69) is 14.7 Å². The molecule has 1 heterocycles. The van der Waals surface area contributed by atoms with Crippen LogP contribution in [-0.2, 0) is 14.6 Å². The smallest absolute Gasteiger partial charge is 0.268 e. The molecule has 34 heavy (non-hydrogen) atoms. The fraction of sp³-hybridized carbons (Fsp3) is 0.217. The Hall–Kier alpha value is -3.75. The molecule has 1 amide bonds. The van der Waals surface area contributed by atoms with Crippen molar-refractivity contribution in [1.29, 1.82) is 5.26 Å².